The molecule has 1 rings (SSSR count). The summed E-state index contributed by atoms with van der Waals surface area (Å²) in [6.07, 6.45) is -7.25. The summed E-state index contributed by atoms with van der Waals surface area (Å²) in [4.78, 5) is 3.54. The van der Waals surface area contributed by atoms with Crippen molar-refractivity contribution in [1.29, 1.82) is 5.26 Å². The van der Waals surface area contributed by atoms with Crippen molar-refractivity contribution in [3.63, 3.8) is 0 Å². The van der Waals surface area contributed by atoms with Crippen molar-refractivity contribution in [3.05, 3.63) is 28.3 Å². The van der Waals surface area contributed by atoms with E-state index in [4.69, 9.17) is 16.9 Å². The number of hydrogen-bond donors (Lipinski definition) is 1. The van der Waals surface area contributed by atoms with E-state index in [1.165, 1.54) is 12.4 Å². The van der Waals surface area contributed by atoms with Crippen LogP contribution in [0.25, 0.3) is 0 Å². The van der Waals surface area contributed by atoms with Gasteiger partial charge in [-0.1, -0.05) is 23.4 Å². The number of nitriles is 1. The Labute approximate surface area is 130 Å². The van der Waals surface area contributed by atoms with Gasteiger partial charge in [-0.3, -0.25) is 5.32 Å². The Balaban J connectivity index is 3.58. The molecule has 0 heterocycles. The molecule has 11 heteroatoms. The van der Waals surface area contributed by atoms with Crippen LogP contribution in [0, 0.1) is 11.5 Å². The molecule has 1 N–H and O–H groups in total. The lowest BCUT2D eigenvalue weighted by Crippen LogP contribution is -2.14. The van der Waals surface area contributed by atoms with Gasteiger partial charge in [0.25, 0.3) is 0 Å². The molecule has 0 aliphatic carbocycles. The number of rotatable bonds is 1. The maximum atomic E-state index is 12.8. The van der Waals surface area contributed by atoms with Crippen LogP contribution in [-0.2, 0) is 12.4 Å². The molecule has 1 aromatic carbocycles. The summed E-state index contributed by atoms with van der Waals surface area (Å²) in [5, 5.41) is 8.85. The molecule has 0 bridgehead atoms. The van der Waals surface area contributed by atoms with Gasteiger partial charge in [-0.05, 0) is 18.4 Å². The number of nitrogens with one attached hydrogen (secondary N) is 1. The SMILES string of the molecule is CSC(=Nc1cc(C(F)(F)F)c(Cl)c(C(F)(F)F)c1)NC#N. The minimum absolute atomic E-state index is 0.161. The number of nitrogens with zero attached hydrogens (tertiary/aromatic N) is 2. The Morgan fingerprint density at radius 3 is 1.95 bits per heavy atom. The van der Waals surface area contributed by atoms with Gasteiger partial charge in [0.1, 0.15) is 0 Å². The van der Waals surface area contributed by atoms with Crippen molar-refractivity contribution in [2.45, 2.75) is 12.4 Å². The molecule has 22 heavy (non-hydrogen) atoms. The Morgan fingerprint density at radius 2 is 1.64 bits per heavy atom. The normalized spacial score (nSPS) is 13.0. The fraction of sp³-hybridized carbons (Fsp3) is 0.273. The second-order valence-electron chi connectivity index (χ2n) is 3.71. The number of alkyl halides is 6. The van der Waals surface area contributed by atoms with Crippen LogP contribution >= 0.6 is 23.4 Å². The van der Waals surface area contributed by atoms with Crippen molar-refractivity contribution in [2.75, 3.05) is 6.26 Å². The Hall–Kier alpha value is -1.60. The van der Waals surface area contributed by atoms with Crippen molar-refractivity contribution >= 4 is 34.2 Å². The van der Waals surface area contributed by atoms with E-state index in [-0.39, 0.29) is 5.17 Å². The third-order valence-electron chi connectivity index (χ3n) is 2.26. The van der Waals surface area contributed by atoms with Gasteiger partial charge < -0.3 is 0 Å². The fourth-order valence-electron chi connectivity index (χ4n) is 1.38. The van der Waals surface area contributed by atoms with E-state index in [0.717, 1.165) is 11.8 Å². The lowest BCUT2D eigenvalue weighted by Gasteiger charge is -2.15. The van der Waals surface area contributed by atoms with Crippen LogP contribution in [0.5, 0.6) is 0 Å². The maximum absolute atomic E-state index is 12.8. The summed E-state index contributed by atoms with van der Waals surface area (Å²) in [6, 6.07) is 0.764. The highest BCUT2D eigenvalue weighted by atomic mass is 35.5. The van der Waals surface area contributed by atoms with E-state index < -0.39 is 34.2 Å². The third-order valence-corrected chi connectivity index (χ3v) is 3.24. The van der Waals surface area contributed by atoms with Gasteiger partial charge in [0.15, 0.2) is 11.4 Å². The molecule has 0 saturated carbocycles. The minimum atomic E-state index is -5.08. The first kappa shape index (κ1) is 18.4. The predicted molar refractivity (Wildman–Crippen MR) is 70.8 cm³/mol. The van der Waals surface area contributed by atoms with Crippen LogP contribution in [0.15, 0.2) is 17.1 Å². The fourth-order valence-corrected chi connectivity index (χ4v) is 2.04. The smallest absolute Gasteiger partial charge is 0.271 e. The zero-order valence-corrected chi connectivity index (χ0v) is 12.2. The molecular formula is C11H6ClF6N3S. The van der Waals surface area contributed by atoms with Gasteiger partial charge in [0.05, 0.1) is 21.8 Å². The summed E-state index contributed by atoms with van der Waals surface area (Å²) >= 11 is 6.06. The van der Waals surface area contributed by atoms with Gasteiger partial charge in [-0.15, -0.1) is 0 Å². The quantitative estimate of drug-likeness (QED) is 0.257. The third kappa shape index (κ3) is 4.45. The van der Waals surface area contributed by atoms with Crippen LogP contribution in [0.1, 0.15) is 11.1 Å². The molecule has 0 aromatic heterocycles. The minimum Gasteiger partial charge on any atom is -0.271 e. The van der Waals surface area contributed by atoms with E-state index in [1.807, 2.05) is 5.32 Å². The zero-order valence-electron chi connectivity index (χ0n) is 10.6. The predicted octanol–water partition coefficient (Wildman–Crippen LogP) is 4.80. The molecule has 3 nitrogen and oxygen atoms in total. The van der Waals surface area contributed by atoms with Crippen LogP contribution < -0.4 is 5.32 Å². The standard InChI is InChI=1S/C11H6ClF6N3S/c1-22-9(20-4-19)21-5-2-6(10(13,14)15)8(12)7(3-5)11(16,17)18/h2-3H,1H3,(H,20,21). The summed E-state index contributed by atoms with van der Waals surface area (Å²) in [5.74, 6) is 0. The topological polar surface area (TPSA) is 48.2 Å². The van der Waals surface area contributed by atoms with Crippen molar-refractivity contribution in [3.8, 4) is 6.19 Å². The molecule has 120 valence electrons. The van der Waals surface area contributed by atoms with E-state index in [9.17, 15) is 26.3 Å². The van der Waals surface area contributed by atoms with Crippen LogP contribution in [0.3, 0.4) is 0 Å². The number of hydrogen-bond acceptors (Lipinski definition) is 3. The van der Waals surface area contributed by atoms with Gasteiger partial charge in [0.2, 0.25) is 0 Å². The second kappa shape index (κ2) is 6.66. The number of aliphatic imine (C=N–C) groups is 1. The number of benzene rings is 1. The van der Waals surface area contributed by atoms with Gasteiger partial charge >= 0.3 is 12.4 Å². The highest BCUT2D eigenvalue weighted by Gasteiger charge is 2.41. The molecule has 1 aromatic rings. The summed E-state index contributed by atoms with van der Waals surface area (Å²) < 4.78 is 76.7. The van der Waals surface area contributed by atoms with Gasteiger partial charge in [-0.25, -0.2) is 4.99 Å². The molecular weight excluding hydrogens is 356 g/mol. The molecule has 0 spiro atoms. The first-order chi connectivity index (χ1) is 10.0. The molecule has 0 unspecified atom stereocenters. The summed E-state index contributed by atoms with van der Waals surface area (Å²) in [6.45, 7) is 0. The van der Waals surface area contributed by atoms with E-state index in [1.54, 1.807) is 0 Å². The average molecular weight is 362 g/mol. The average Bonchev–Trinajstić information content (AvgIpc) is 2.37. The maximum Gasteiger partial charge on any atom is 0.417 e. The molecule has 0 atom stereocenters. The molecule has 0 fully saturated rings. The van der Waals surface area contributed by atoms with Gasteiger partial charge in [0, 0.05) is 0 Å². The van der Waals surface area contributed by atoms with Crippen molar-refractivity contribution in [1.82, 2.24) is 5.32 Å². The molecule has 0 saturated heterocycles. The summed E-state index contributed by atoms with van der Waals surface area (Å²) in [7, 11) is 0. The van der Waals surface area contributed by atoms with Crippen LogP contribution in [0.2, 0.25) is 5.02 Å². The highest BCUT2D eigenvalue weighted by Crippen LogP contribution is 2.44. The number of amidine groups is 1. The monoisotopic (exact) mass is 361 g/mol. The second-order valence-corrected chi connectivity index (χ2v) is 4.88. The van der Waals surface area contributed by atoms with E-state index in [2.05, 4.69) is 4.99 Å². The van der Waals surface area contributed by atoms with Gasteiger partial charge in [-0.2, -0.15) is 31.6 Å². The van der Waals surface area contributed by atoms with E-state index >= 15 is 0 Å². The molecule has 0 aliphatic heterocycles. The Kier molecular flexibility index (Phi) is 5.59. The zero-order chi connectivity index (χ0) is 17.1. The summed E-state index contributed by atoms with van der Waals surface area (Å²) in [5.41, 5.74) is -3.93. The lowest BCUT2D eigenvalue weighted by molar-refractivity contribution is -0.142. The van der Waals surface area contributed by atoms with Crippen molar-refractivity contribution in [2.24, 2.45) is 4.99 Å². The molecule has 0 aliphatic rings. The van der Waals surface area contributed by atoms with E-state index in [0.29, 0.717) is 12.1 Å². The highest BCUT2D eigenvalue weighted by molar-refractivity contribution is 8.13. The van der Waals surface area contributed by atoms with Crippen LogP contribution in [0.4, 0.5) is 32.0 Å². The van der Waals surface area contributed by atoms with Crippen LogP contribution in [-0.4, -0.2) is 11.4 Å². The lowest BCUT2D eigenvalue weighted by atomic mass is 10.1. The van der Waals surface area contributed by atoms with Crippen molar-refractivity contribution < 1.29 is 26.3 Å². The number of halogens is 7. The number of thioether (sulfide) groups is 1. The molecule has 0 radical (unpaired) electrons. The first-order valence-corrected chi connectivity index (χ1v) is 6.86. The first-order valence-electron chi connectivity index (χ1n) is 5.26. The Bertz CT molecular complexity index is 597. The molecule has 0 amide bonds. The Morgan fingerprint density at radius 1 is 1.18 bits per heavy atom. The largest absolute Gasteiger partial charge is 0.417 e.